The number of aliphatic imine (C=N–C) groups is 1. The molecule has 0 spiro atoms. The summed E-state index contributed by atoms with van der Waals surface area (Å²) in [4.78, 5) is 16.0. The Labute approximate surface area is 139 Å². The van der Waals surface area contributed by atoms with Crippen LogP contribution in [0.1, 0.15) is 23.7 Å². The second-order valence-corrected chi connectivity index (χ2v) is 5.43. The number of benzene rings is 1. The predicted octanol–water partition coefficient (Wildman–Crippen LogP) is 1.51. The Hall–Kier alpha value is -1.60. The zero-order chi connectivity index (χ0) is 16.2. The summed E-state index contributed by atoms with van der Waals surface area (Å²) < 4.78 is 6.09. The Bertz CT molecular complexity index is 494. The lowest BCUT2D eigenvalue weighted by Gasteiger charge is -2.08. The number of nitrogens with one attached hydrogen (secondary N) is 2. The van der Waals surface area contributed by atoms with Gasteiger partial charge in [-0.1, -0.05) is 22.0 Å². The molecule has 0 bridgehead atoms. The molecular weight excluding hydrogens is 348 g/mol. The van der Waals surface area contributed by atoms with Crippen LogP contribution in [0.15, 0.2) is 33.7 Å². The minimum atomic E-state index is -0.115. The second kappa shape index (κ2) is 11.0. The van der Waals surface area contributed by atoms with Crippen molar-refractivity contribution < 1.29 is 9.53 Å². The molecule has 0 aromatic heterocycles. The van der Waals surface area contributed by atoms with E-state index in [0.717, 1.165) is 17.5 Å². The minimum absolute atomic E-state index is 0.115. The van der Waals surface area contributed by atoms with Crippen LogP contribution in [0.5, 0.6) is 0 Å². The van der Waals surface area contributed by atoms with Crippen LogP contribution in [0.25, 0.3) is 0 Å². The topological polar surface area (TPSA) is 88.7 Å². The molecule has 0 unspecified atom stereocenters. The summed E-state index contributed by atoms with van der Waals surface area (Å²) in [5, 5.41) is 5.77. The first-order valence-corrected chi connectivity index (χ1v) is 8.08. The first-order valence-electron chi connectivity index (χ1n) is 7.28. The van der Waals surface area contributed by atoms with Crippen molar-refractivity contribution in [2.75, 3.05) is 32.8 Å². The van der Waals surface area contributed by atoms with Gasteiger partial charge in [-0.15, -0.1) is 0 Å². The van der Waals surface area contributed by atoms with Crippen molar-refractivity contribution in [2.24, 2.45) is 10.7 Å². The van der Waals surface area contributed by atoms with Gasteiger partial charge in [-0.2, -0.15) is 0 Å². The average molecular weight is 371 g/mol. The molecule has 1 aromatic carbocycles. The number of hydrogen-bond acceptors (Lipinski definition) is 3. The van der Waals surface area contributed by atoms with E-state index in [9.17, 15) is 4.79 Å². The summed E-state index contributed by atoms with van der Waals surface area (Å²) in [6, 6.07) is 7.24. The molecule has 0 saturated heterocycles. The number of amides is 1. The summed E-state index contributed by atoms with van der Waals surface area (Å²) in [6.45, 7) is 5.00. The number of rotatable bonds is 9. The lowest BCUT2D eigenvalue weighted by atomic mass is 10.2. The number of guanidine groups is 1. The SMILES string of the molecule is CCOCCCN=C(N)NCCNC(=O)c1cccc(Br)c1. The van der Waals surface area contributed by atoms with Gasteiger partial charge >= 0.3 is 0 Å². The molecule has 122 valence electrons. The molecule has 1 aromatic rings. The van der Waals surface area contributed by atoms with Crippen LogP contribution < -0.4 is 16.4 Å². The molecule has 4 N–H and O–H groups in total. The quantitative estimate of drug-likeness (QED) is 0.349. The van der Waals surface area contributed by atoms with Gasteiger partial charge in [0.25, 0.3) is 5.91 Å². The fourth-order valence-electron chi connectivity index (χ4n) is 1.66. The zero-order valence-corrected chi connectivity index (χ0v) is 14.4. The van der Waals surface area contributed by atoms with Gasteiger partial charge in [0, 0.05) is 42.9 Å². The normalized spacial score (nSPS) is 11.3. The lowest BCUT2D eigenvalue weighted by molar-refractivity contribution is 0.0954. The van der Waals surface area contributed by atoms with Crippen molar-refractivity contribution >= 4 is 27.8 Å². The van der Waals surface area contributed by atoms with E-state index in [-0.39, 0.29) is 5.91 Å². The van der Waals surface area contributed by atoms with Crippen LogP contribution >= 0.6 is 15.9 Å². The number of halogens is 1. The third kappa shape index (κ3) is 7.99. The highest BCUT2D eigenvalue weighted by Crippen LogP contribution is 2.11. The molecule has 0 heterocycles. The monoisotopic (exact) mass is 370 g/mol. The van der Waals surface area contributed by atoms with Gasteiger partial charge in [0.2, 0.25) is 0 Å². The standard InChI is InChI=1S/C15H23BrN4O2/c1-2-22-10-4-7-19-15(17)20-9-8-18-14(21)12-5-3-6-13(16)11-12/h3,5-6,11H,2,4,7-10H2,1H3,(H,18,21)(H3,17,19,20). The van der Waals surface area contributed by atoms with E-state index >= 15 is 0 Å². The predicted molar refractivity (Wildman–Crippen MR) is 92.1 cm³/mol. The largest absolute Gasteiger partial charge is 0.382 e. The van der Waals surface area contributed by atoms with Gasteiger partial charge in [0.15, 0.2) is 5.96 Å². The highest BCUT2D eigenvalue weighted by atomic mass is 79.9. The van der Waals surface area contributed by atoms with Crippen molar-refractivity contribution in [1.29, 1.82) is 0 Å². The van der Waals surface area contributed by atoms with E-state index < -0.39 is 0 Å². The Kier molecular flexibility index (Phi) is 9.25. The highest BCUT2D eigenvalue weighted by Gasteiger charge is 2.04. The van der Waals surface area contributed by atoms with E-state index in [4.69, 9.17) is 10.5 Å². The molecule has 22 heavy (non-hydrogen) atoms. The van der Waals surface area contributed by atoms with Crippen molar-refractivity contribution in [3.63, 3.8) is 0 Å². The molecule has 0 fully saturated rings. The molecule has 0 aliphatic rings. The summed E-state index contributed by atoms with van der Waals surface area (Å²) >= 11 is 3.34. The lowest BCUT2D eigenvalue weighted by Crippen LogP contribution is -2.38. The summed E-state index contributed by atoms with van der Waals surface area (Å²) in [5.41, 5.74) is 6.33. The van der Waals surface area contributed by atoms with E-state index in [1.165, 1.54) is 0 Å². The maximum atomic E-state index is 11.9. The fourth-order valence-corrected chi connectivity index (χ4v) is 2.06. The van der Waals surface area contributed by atoms with Crippen molar-refractivity contribution in [3.05, 3.63) is 34.3 Å². The molecule has 1 rings (SSSR count). The molecule has 7 heteroatoms. The van der Waals surface area contributed by atoms with E-state index in [1.54, 1.807) is 12.1 Å². The molecule has 0 atom stereocenters. The first kappa shape index (κ1) is 18.4. The van der Waals surface area contributed by atoms with Crippen molar-refractivity contribution in [3.8, 4) is 0 Å². The number of nitrogens with two attached hydrogens (primary N) is 1. The van der Waals surface area contributed by atoms with Crippen LogP contribution in [0.4, 0.5) is 0 Å². The van der Waals surface area contributed by atoms with Crippen LogP contribution in [-0.4, -0.2) is 44.7 Å². The Morgan fingerprint density at radius 3 is 2.86 bits per heavy atom. The Balaban J connectivity index is 2.16. The fraction of sp³-hybridized carbons (Fsp3) is 0.467. The molecule has 0 saturated carbocycles. The number of ether oxygens (including phenoxy) is 1. The van der Waals surface area contributed by atoms with Gasteiger partial charge in [-0.05, 0) is 31.5 Å². The summed E-state index contributed by atoms with van der Waals surface area (Å²) in [7, 11) is 0. The molecule has 6 nitrogen and oxygen atoms in total. The molecule has 0 radical (unpaired) electrons. The molecule has 1 amide bonds. The van der Waals surface area contributed by atoms with Gasteiger partial charge in [-0.25, -0.2) is 0 Å². The zero-order valence-electron chi connectivity index (χ0n) is 12.8. The molecule has 0 aliphatic heterocycles. The number of hydrogen-bond donors (Lipinski definition) is 3. The third-order valence-electron chi connectivity index (χ3n) is 2.74. The summed E-state index contributed by atoms with van der Waals surface area (Å²) in [6.07, 6.45) is 0.843. The van der Waals surface area contributed by atoms with Crippen molar-refractivity contribution in [1.82, 2.24) is 10.6 Å². The summed E-state index contributed by atoms with van der Waals surface area (Å²) in [5.74, 6) is 0.267. The van der Waals surface area contributed by atoms with E-state index in [0.29, 0.717) is 37.8 Å². The van der Waals surface area contributed by atoms with Crippen LogP contribution in [0, 0.1) is 0 Å². The number of nitrogens with zero attached hydrogens (tertiary/aromatic N) is 1. The Morgan fingerprint density at radius 1 is 1.36 bits per heavy atom. The maximum Gasteiger partial charge on any atom is 0.251 e. The average Bonchev–Trinajstić information content (AvgIpc) is 2.51. The van der Waals surface area contributed by atoms with Gasteiger partial charge in [0.1, 0.15) is 0 Å². The molecule has 0 aliphatic carbocycles. The first-order chi connectivity index (χ1) is 10.6. The number of carbonyl (C=O) groups excluding carboxylic acids is 1. The van der Waals surface area contributed by atoms with Gasteiger partial charge < -0.3 is 21.1 Å². The van der Waals surface area contributed by atoms with Crippen molar-refractivity contribution in [2.45, 2.75) is 13.3 Å². The van der Waals surface area contributed by atoms with Crippen LogP contribution in [-0.2, 0) is 4.74 Å². The third-order valence-corrected chi connectivity index (χ3v) is 3.23. The van der Waals surface area contributed by atoms with E-state index in [1.807, 2.05) is 19.1 Å². The Morgan fingerprint density at radius 2 is 2.14 bits per heavy atom. The minimum Gasteiger partial charge on any atom is -0.382 e. The van der Waals surface area contributed by atoms with Crippen LogP contribution in [0.2, 0.25) is 0 Å². The second-order valence-electron chi connectivity index (χ2n) is 4.51. The van der Waals surface area contributed by atoms with Gasteiger partial charge in [0.05, 0.1) is 0 Å². The maximum absolute atomic E-state index is 11.9. The van der Waals surface area contributed by atoms with Crippen LogP contribution in [0.3, 0.4) is 0 Å². The van der Waals surface area contributed by atoms with Gasteiger partial charge in [-0.3, -0.25) is 9.79 Å². The highest BCUT2D eigenvalue weighted by molar-refractivity contribution is 9.10. The number of carbonyl (C=O) groups is 1. The van der Waals surface area contributed by atoms with E-state index in [2.05, 4.69) is 31.6 Å². The molecular formula is C15H23BrN4O2. The smallest absolute Gasteiger partial charge is 0.251 e.